The van der Waals surface area contributed by atoms with E-state index in [-0.39, 0.29) is 18.1 Å². The molecular weight excluding hydrogens is 368 g/mol. The van der Waals surface area contributed by atoms with Crippen molar-refractivity contribution in [1.82, 2.24) is 10.3 Å². The largest absolute Gasteiger partial charge is 0.497 e. The SMILES string of the molecule is COc1ccc2nccc(C[C@H](O)C3CCC(NC(=O)OC(C)(C)C)CC3)c2c1. The van der Waals surface area contributed by atoms with Crippen molar-refractivity contribution >= 4 is 17.0 Å². The number of nitrogens with one attached hydrogen (secondary N) is 1. The second kappa shape index (κ2) is 8.99. The first-order valence-electron chi connectivity index (χ1n) is 10.3. The number of benzene rings is 1. The molecule has 0 spiro atoms. The molecule has 1 aliphatic carbocycles. The first kappa shape index (κ1) is 21.4. The number of nitrogens with zero attached hydrogens (tertiary/aromatic N) is 1. The second-order valence-corrected chi connectivity index (χ2v) is 8.88. The van der Waals surface area contributed by atoms with Crippen molar-refractivity contribution in [2.24, 2.45) is 5.92 Å². The predicted molar refractivity (Wildman–Crippen MR) is 113 cm³/mol. The quantitative estimate of drug-likeness (QED) is 0.785. The normalized spacial score (nSPS) is 20.9. The lowest BCUT2D eigenvalue weighted by molar-refractivity contribution is 0.0451. The van der Waals surface area contributed by atoms with Crippen molar-refractivity contribution in [3.05, 3.63) is 36.0 Å². The fourth-order valence-electron chi connectivity index (χ4n) is 4.00. The first-order valence-corrected chi connectivity index (χ1v) is 10.3. The van der Waals surface area contributed by atoms with Gasteiger partial charge in [-0.1, -0.05) is 0 Å². The predicted octanol–water partition coefficient (Wildman–Crippen LogP) is 4.23. The van der Waals surface area contributed by atoms with E-state index < -0.39 is 11.7 Å². The number of aliphatic hydroxyl groups is 1. The third-order valence-electron chi connectivity index (χ3n) is 5.50. The van der Waals surface area contributed by atoms with E-state index in [2.05, 4.69) is 10.3 Å². The molecule has 1 aromatic carbocycles. The number of fused-ring (bicyclic) bond motifs is 1. The van der Waals surface area contributed by atoms with Crippen LogP contribution in [0.4, 0.5) is 4.79 Å². The van der Waals surface area contributed by atoms with Gasteiger partial charge in [-0.2, -0.15) is 0 Å². The first-order chi connectivity index (χ1) is 13.7. The highest BCUT2D eigenvalue weighted by molar-refractivity contribution is 5.83. The zero-order chi connectivity index (χ0) is 21.0. The molecule has 3 rings (SSSR count). The molecule has 1 saturated carbocycles. The highest BCUT2D eigenvalue weighted by Crippen LogP contribution is 2.30. The summed E-state index contributed by atoms with van der Waals surface area (Å²) in [4.78, 5) is 16.4. The second-order valence-electron chi connectivity index (χ2n) is 8.88. The topological polar surface area (TPSA) is 80.7 Å². The number of carbonyl (C=O) groups is 1. The van der Waals surface area contributed by atoms with Gasteiger partial charge in [-0.25, -0.2) is 4.79 Å². The minimum absolute atomic E-state index is 0.110. The third-order valence-corrected chi connectivity index (χ3v) is 5.50. The highest BCUT2D eigenvalue weighted by atomic mass is 16.6. The smallest absolute Gasteiger partial charge is 0.407 e. The van der Waals surface area contributed by atoms with Crippen LogP contribution >= 0.6 is 0 Å². The summed E-state index contributed by atoms with van der Waals surface area (Å²) < 4.78 is 10.7. The van der Waals surface area contributed by atoms with Gasteiger partial charge in [0.1, 0.15) is 11.4 Å². The summed E-state index contributed by atoms with van der Waals surface area (Å²) >= 11 is 0. The van der Waals surface area contributed by atoms with Crippen molar-refractivity contribution in [1.29, 1.82) is 0 Å². The lowest BCUT2D eigenvalue weighted by Crippen LogP contribution is -2.42. The van der Waals surface area contributed by atoms with E-state index in [0.29, 0.717) is 6.42 Å². The Morgan fingerprint density at radius 1 is 1.24 bits per heavy atom. The standard InChI is InChI=1S/C23H32N2O4/c1-23(2,3)29-22(27)25-17-7-5-15(6-8-17)21(26)13-16-11-12-24-20-10-9-18(28-4)14-19(16)20/h9-12,14-15,17,21,26H,5-8,13H2,1-4H3,(H,25,27)/t15?,17?,21-/m0/s1. The summed E-state index contributed by atoms with van der Waals surface area (Å²) in [5.41, 5.74) is 1.49. The number of alkyl carbamates (subject to hydrolysis) is 1. The summed E-state index contributed by atoms with van der Waals surface area (Å²) in [5, 5.41) is 14.8. The minimum Gasteiger partial charge on any atom is -0.497 e. The maximum absolute atomic E-state index is 12.0. The molecule has 2 aromatic rings. The van der Waals surface area contributed by atoms with Crippen LogP contribution < -0.4 is 10.1 Å². The monoisotopic (exact) mass is 400 g/mol. The number of aromatic nitrogens is 1. The molecule has 0 saturated heterocycles. The molecule has 1 atom stereocenters. The molecule has 29 heavy (non-hydrogen) atoms. The summed E-state index contributed by atoms with van der Waals surface area (Å²) in [6.45, 7) is 5.58. The van der Waals surface area contributed by atoms with Crippen molar-refractivity contribution in [3.8, 4) is 5.75 Å². The maximum atomic E-state index is 12.0. The van der Waals surface area contributed by atoms with Crippen molar-refractivity contribution in [2.45, 2.75) is 70.6 Å². The molecule has 0 radical (unpaired) electrons. The molecule has 2 N–H and O–H groups in total. The molecule has 0 unspecified atom stereocenters. The van der Waals surface area contributed by atoms with Crippen molar-refractivity contribution < 1.29 is 19.4 Å². The number of aliphatic hydroxyl groups excluding tert-OH is 1. The zero-order valence-corrected chi connectivity index (χ0v) is 17.8. The van der Waals surface area contributed by atoms with Crippen LogP contribution in [0, 0.1) is 5.92 Å². The average Bonchev–Trinajstić information content (AvgIpc) is 2.67. The van der Waals surface area contributed by atoms with Gasteiger partial charge in [-0.15, -0.1) is 0 Å². The van der Waals surface area contributed by atoms with E-state index in [1.807, 2.05) is 45.0 Å². The van der Waals surface area contributed by atoms with Crippen LogP contribution in [-0.2, 0) is 11.2 Å². The molecule has 6 heteroatoms. The van der Waals surface area contributed by atoms with Gasteiger partial charge in [0, 0.05) is 17.6 Å². The number of rotatable bonds is 5. The molecule has 6 nitrogen and oxygen atoms in total. The van der Waals surface area contributed by atoms with Gasteiger partial charge in [0.05, 0.1) is 18.7 Å². The number of amides is 1. The molecule has 1 aliphatic rings. The Hall–Kier alpha value is -2.34. The molecule has 0 bridgehead atoms. The lowest BCUT2D eigenvalue weighted by atomic mass is 9.81. The zero-order valence-electron chi connectivity index (χ0n) is 17.8. The Bertz CT molecular complexity index is 838. The molecule has 1 aromatic heterocycles. The van der Waals surface area contributed by atoms with E-state index in [9.17, 15) is 9.90 Å². The molecule has 1 fully saturated rings. The number of hydrogen-bond donors (Lipinski definition) is 2. The molecular formula is C23H32N2O4. The van der Waals surface area contributed by atoms with Crippen LogP contribution in [0.5, 0.6) is 5.75 Å². The maximum Gasteiger partial charge on any atom is 0.407 e. The summed E-state index contributed by atoms with van der Waals surface area (Å²) in [5.74, 6) is 1.01. The minimum atomic E-state index is -0.493. The lowest BCUT2D eigenvalue weighted by Gasteiger charge is -2.32. The van der Waals surface area contributed by atoms with Crippen LogP contribution in [-0.4, -0.2) is 41.0 Å². The van der Waals surface area contributed by atoms with Crippen molar-refractivity contribution in [2.75, 3.05) is 7.11 Å². The third kappa shape index (κ3) is 5.82. The van der Waals surface area contributed by atoms with Crippen LogP contribution in [0.15, 0.2) is 30.5 Å². The van der Waals surface area contributed by atoms with E-state index in [1.165, 1.54) is 0 Å². The highest BCUT2D eigenvalue weighted by Gasteiger charge is 2.28. The van der Waals surface area contributed by atoms with E-state index >= 15 is 0 Å². The van der Waals surface area contributed by atoms with Crippen LogP contribution in [0.2, 0.25) is 0 Å². The summed E-state index contributed by atoms with van der Waals surface area (Å²) in [6.07, 6.45) is 5.06. The number of pyridine rings is 1. The fourth-order valence-corrected chi connectivity index (χ4v) is 4.00. The fraction of sp³-hybridized carbons (Fsp3) is 0.565. The Morgan fingerprint density at radius 3 is 2.62 bits per heavy atom. The van der Waals surface area contributed by atoms with Crippen molar-refractivity contribution in [3.63, 3.8) is 0 Å². The Kier molecular flexibility index (Phi) is 6.63. The van der Waals surface area contributed by atoms with Gasteiger partial charge >= 0.3 is 6.09 Å². The molecule has 1 heterocycles. The van der Waals surface area contributed by atoms with Gasteiger partial charge < -0.3 is 19.9 Å². The Balaban J connectivity index is 1.57. The van der Waals surface area contributed by atoms with Gasteiger partial charge in [-0.05, 0) is 88.6 Å². The Labute approximate surface area is 172 Å². The summed E-state index contributed by atoms with van der Waals surface area (Å²) in [7, 11) is 1.65. The number of hydrogen-bond acceptors (Lipinski definition) is 5. The molecule has 158 valence electrons. The van der Waals surface area contributed by atoms with Crippen LogP contribution in [0.25, 0.3) is 10.9 Å². The Morgan fingerprint density at radius 2 is 1.97 bits per heavy atom. The van der Waals surface area contributed by atoms with Crippen LogP contribution in [0.1, 0.15) is 52.0 Å². The number of methoxy groups -OCH3 is 1. The van der Waals surface area contributed by atoms with Gasteiger partial charge in [0.15, 0.2) is 0 Å². The molecule has 0 aliphatic heterocycles. The van der Waals surface area contributed by atoms with Crippen LogP contribution in [0.3, 0.4) is 0 Å². The van der Waals surface area contributed by atoms with E-state index in [1.54, 1.807) is 13.3 Å². The number of ether oxygens (including phenoxy) is 2. The van der Waals surface area contributed by atoms with Gasteiger partial charge in [0.2, 0.25) is 0 Å². The van der Waals surface area contributed by atoms with E-state index in [4.69, 9.17) is 9.47 Å². The van der Waals surface area contributed by atoms with Gasteiger partial charge in [0.25, 0.3) is 0 Å². The summed E-state index contributed by atoms with van der Waals surface area (Å²) in [6, 6.07) is 7.90. The average molecular weight is 401 g/mol. The van der Waals surface area contributed by atoms with E-state index in [0.717, 1.165) is 47.9 Å². The van der Waals surface area contributed by atoms with Gasteiger partial charge in [-0.3, -0.25) is 4.98 Å². The number of carbonyl (C=O) groups excluding carboxylic acids is 1. The molecule has 1 amide bonds.